The number of aromatic nitrogens is 4. The molecule has 1 heterocycles. The third kappa shape index (κ3) is 2.34. The lowest BCUT2D eigenvalue weighted by Gasteiger charge is -2.20. The van der Waals surface area contributed by atoms with Crippen LogP contribution >= 0.6 is 0 Å². The summed E-state index contributed by atoms with van der Waals surface area (Å²) in [5, 5.41) is 12.3. The van der Waals surface area contributed by atoms with Crippen molar-refractivity contribution in [2.45, 2.75) is 39.2 Å². The summed E-state index contributed by atoms with van der Waals surface area (Å²) in [6.45, 7) is 4.55. The lowest BCUT2D eigenvalue weighted by atomic mass is 9.93. The average molecular weight is 286 g/mol. The van der Waals surface area contributed by atoms with Crippen LogP contribution in [0, 0.1) is 11.8 Å². The van der Waals surface area contributed by atoms with E-state index < -0.39 is 0 Å². The molecule has 1 aromatic carbocycles. The predicted octanol–water partition coefficient (Wildman–Crippen LogP) is 2.50. The van der Waals surface area contributed by atoms with E-state index in [4.69, 9.17) is 11.5 Å². The second-order valence-electron chi connectivity index (χ2n) is 5.97. The molecule has 3 rings (SSSR count). The number of rotatable bonds is 3. The molecule has 1 aromatic heterocycles. The van der Waals surface area contributed by atoms with Crippen LogP contribution < -0.4 is 11.5 Å². The summed E-state index contributed by atoms with van der Waals surface area (Å²) >= 11 is 0. The van der Waals surface area contributed by atoms with Gasteiger partial charge in [0, 0.05) is 16.9 Å². The quantitative estimate of drug-likeness (QED) is 0.845. The van der Waals surface area contributed by atoms with Crippen LogP contribution in [0.1, 0.15) is 39.2 Å². The molecule has 4 N–H and O–H groups in total. The molecule has 21 heavy (non-hydrogen) atoms. The molecule has 0 radical (unpaired) electrons. The molecule has 0 aliphatic heterocycles. The van der Waals surface area contributed by atoms with Crippen molar-refractivity contribution in [1.29, 1.82) is 0 Å². The molecule has 0 spiro atoms. The molecule has 0 bridgehead atoms. The van der Waals surface area contributed by atoms with Crippen molar-refractivity contribution in [1.82, 2.24) is 20.2 Å². The molecule has 3 unspecified atom stereocenters. The van der Waals surface area contributed by atoms with Gasteiger partial charge in [-0.05, 0) is 53.3 Å². The number of hydrogen-bond donors (Lipinski definition) is 2. The number of benzene rings is 1. The van der Waals surface area contributed by atoms with Gasteiger partial charge in [-0.1, -0.05) is 20.3 Å². The van der Waals surface area contributed by atoms with Crippen molar-refractivity contribution in [3.8, 4) is 11.4 Å². The molecule has 6 heteroatoms. The van der Waals surface area contributed by atoms with E-state index in [1.807, 2.05) is 16.8 Å². The Labute approximate surface area is 124 Å². The first-order valence-electron chi connectivity index (χ1n) is 7.55. The maximum atomic E-state index is 6.08. The molecule has 0 saturated heterocycles. The zero-order valence-electron chi connectivity index (χ0n) is 12.5. The fourth-order valence-corrected chi connectivity index (χ4v) is 3.52. The van der Waals surface area contributed by atoms with Gasteiger partial charge in [0.15, 0.2) is 5.82 Å². The summed E-state index contributed by atoms with van der Waals surface area (Å²) in [6, 6.07) is 5.82. The van der Waals surface area contributed by atoms with Gasteiger partial charge in [0.1, 0.15) is 0 Å². The van der Waals surface area contributed by atoms with Crippen LogP contribution in [0.25, 0.3) is 11.4 Å². The standard InChI is InChI=1S/C15H22N6/c1-3-10-4-7-14(9(10)2)21-15(18-19-20-21)12-6-5-11(16)8-13(12)17/h5-6,8-10,14H,3-4,7,16-17H2,1-2H3. The molecule has 2 aromatic rings. The first kappa shape index (κ1) is 13.9. The largest absolute Gasteiger partial charge is 0.399 e. The Morgan fingerprint density at radius 3 is 2.76 bits per heavy atom. The minimum absolute atomic E-state index is 0.344. The highest BCUT2D eigenvalue weighted by Gasteiger charge is 2.35. The average Bonchev–Trinajstić information content (AvgIpc) is 3.05. The second-order valence-corrected chi connectivity index (χ2v) is 5.97. The Kier molecular flexibility index (Phi) is 3.53. The molecule has 1 aliphatic carbocycles. The molecule has 112 valence electrons. The predicted molar refractivity (Wildman–Crippen MR) is 83.3 cm³/mol. The zero-order chi connectivity index (χ0) is 15.0. The van der Waals surface area contributed by atoms with Crippen molar-refractivity contribution in [3.63, 3.8) is 0 Å². The van der Waals surface area contributed by atoms with Crippen molar-refractivity contribution < 1.29 is 0 Å². The van der Waals surface area contributed by atoms with Gasteiger partial charge in [-0.2, -0.15) is 0 Å². The first-order valence-corrected chi connectivity index (χ1v) is 7.55. The van der Waals surface area contributed by atoms with Crippen molar-refractivity contribution >= 4 is 11.4 Å². The van der Waals surface area contributed by atoms with Gasteiger partial charge < -0.3 is 11.5 Å². The van der Waals surface area contributed by atoms with Gasteiger partial charge in [-0.3, -0.25) is 0 Å². The highest BCUT2D eigenvalue weighted by atomic mass is 15.6. The van der Waals surface area contributed by atoms with E-state index in [0.29, 0.717) is 23.3 Å². The van der Waals surface area contributed by atoms with Crippen LogP contribution in [-0.2, 0) is 0 Å². The topological polar surface area (TPSA) is 95.6 Å². The van der Waals surface area contributed by atoms with Crippen LogP contribution in [0.3, 0.4) is 0 Å². The fraction of sp³-hybridized carbons (Fsp3) is 0.533. The maximum Gasteiger partial charge on any atom is 0.184 e. The summed E-state index contributed by atoms with van der Waals surface area (Å²) in [6.07, 6.45) is 3.56. The van der Waals surface area contributed by atoms with E-state index >= 15 is 0 Å². The second kappa shape index (κ2) is 5.35. The highest BCUT2D eigenvalue weighted by molar-refractivity contribution is 5.74. The van der Waals surface area contributed by atoms with E-state index in [1.165, 1.54) is 12.8 Å². The SMILES string of the molecule is CCC1CCC(n2nnnc2-c2ccc(N)cc2N)C1C. The Balaban J connectivity index is 1.98. The number of nitrogens with zero attached hydrogens (tertiary/aromatic N) is 4. The third-order valence-corrected chi connectivity index (χ3v) is 4.83. The number of tetrazole rings is 1. The van der Waals surface area contributed by atoms with Gasteiger partial charge in [0.2, 0.25) is 0 Å². The van der Waals surface area contributed by atoms with E-state index in [1.54, 1.807) is 6.07 Å². The fourth-order valence-electron chi connectivity index (χ4n) is 3.52. The molecule has 1 fully saturated rings. The Hall–Kier alpha value is -2.11. The Morgan fingerprint density at radius 1 is 1.29 bits per heavy atom. The first-order chi connectivity index (χ1) is 10.1. The van der Waals surface area contributed by atoms with Gasteiger partial charge in [0.05, 0.1) is 6.04 Å². The summed E-state index contributed by atoms with van der Waals surface area (Å²) < 4.78 is 1.95. The Bertz CT molecular complexity index is 635. The molecule has 1 saturated carbocycles. The maximum absolute atomic E-state index is 6.08. The lowest BCUT2D eigenvalue weighted by molar-refractivity contribution is 0.310. The third-order valence-electron chi connectivity index (χ3n) is 4.83. The van der Waals surface area contributed by atoms with Gasteiger partial charge in [-0.25, -0.2) is 4.68 Å². The smallest absolute Gasteiger partial charge is 0.184 e. The monoisotopic (exact) mass is 286 g/mol. The van der Waals surface area contributed by atoms with Crippen LogP contribution in [0.5, 0.6) is 0 Å². The van der Waals surface area contributed by atoms with Crippen LogP contribution in [0.2, 0.25) is 0 Å². The highest BCUT2D eigenvalue weighted by Crippen LogP contribution is 2.42. The number of hydrogen-bond acceptors (Lipinski definition) is 5. The summed E-state index contributed by atoms with van der Waals surface area (Å²) in [4.78, 5) is 0. The summed E-state index contributed by atoms with van der Waals surface area (Å²) in [7, 11) is 0. The molecule has 6 nitrogen and oxygen atoms in total. The van der Waals surface area contributed by atoms with Crippen molar-refractivity contribution in [2.75, 3.05) is 11.5 Å². The van der Waals surface area contributed by atoms with E-state index in [0.717, 1.165) is 23.7 Å². The minimum Gasteiger partial charge on any atom is -0.399 e. The Morgan fingerprint density at radius 2 is 2.10 bits per heavy atom. The van der Waals surface area contributed by atoms with Crippen molar-refractivity contribution in [2.24, 2.45) is 11.8 Å². The van der Waals surface area contributed by atoms with Gasteiger partial charge in [-0.15, -0.1) is 5.10 Å². The van der Waals surface area contributed by atoms with Crippen molar-refractivity contribution in [3.05, 3.63) is 18.2 Å². The molecule has 0 amide bonds. The van der Waals surface area contributed by atoms with E-state index in [9.17, 15) is 0 Å². The normalized spacial score (nSPS) is 25.3. The van der Waals surface area contributed by atoms with Crippen LogP contribution in [0.15, 0.2) is 18.2 Å². The zero-order valence-corrected chi connectivity index (χ0v) is 12.5. The van der Waals surface area contributed by atoms with E-state index in [2.05, 4.69) is 29.4 Å². The summed E-state index contributed by atoms with van der Waals surface area (Å²) in [5.41, 5.74) is 14.0. The molecule has 1 aliphatic rings. The van der Waals surface area contributed by atoms with Crippen LogP contribution in [-0.4, -0.2) is 20.2 Å². The minimum atomic E-state index is 0.344. The van der Waals surface area contributed by atoms with Gasteiger partial charge in [0.25, 0.3) is 0 Å². The number of anilines is 2. The number of nitrogens with two attached hydrogens (primary N) is 2. The molecular weight excluding hydrogens is 264 g/mol. The molecule has 3 atom stereocenters. The van der Waals surface area contributed by atoms with Gasteiger partial charge >= 0.3 is 0 Å². The van der Waals surface area contributed by atoms with Crippen LogP contribution in [0.4, 0.5) is 11.4 Å². The molecular formula is C15H22N6. The van der Waals surface area contributed by atoms with E-state index in [-0.39, 0.29) is 0 Å². The summed E-state index contributed by atoms with van der Waals surface area (Å²) in [5.74, 6) is 2.06. The number of nitrogen functional groups attached to an aromatic ring is 2. The lowest BCUT2D eigenvalue weighted by Crippen LogP contribution is -2.18.